The Morgan fingerprint density at radius 3 is 1.92 bits per heavy atom. The van der Waals surface area contributed by atoms with Gasteiger partial charge < -0.3 is 18.9 Å². The van der Waals surface area contributed by atoms with Gasteiger partial charge in [0.2, 0.25) is 0 Å². The maximum Gasteiger partial charge on any atom is 0.410 e. The van der Waals surface area contributed by atoms with Crippen molar-refractivity contribution in [3.63, 3.8) is 0 Å². The van der Waals surface area contributed by atoms with Gasteiger partial charge in [0.25, 0.3) is 0 Å². The van der Waals surface area contributed by atoms with Gasteiger partial charge in [-0.05, 0) is 87.2 Å². The maximum atomic E-state index is 15.2. The Labute approximate surface area is 298 Å². The maximum absolute atomic E-state index is 15.2. The van der Waals surface area contributed by atoms with E-state index in [-0.39, 0.29) is 31.0 Å². The summed E-state index contributed by atoms with van der Waals surface area (Å²) in [7, 11) is 1.29. The minimum atomic E-state index is -1.15. The van der Waals surface area contributed by atoms with Gasteiger partial charge in [0.05, 0.1) is 13.2 Å². The zero-order chi connectivity index (χ0) is 36.7. The Hall–Kier alpha value is -4.64. The molecule has 1 aliphatic carbocycles. The standard InChI is InChI=1S/C41H46F2N2O6/c1-7-49-37(50-8-2)26-44(24-28-17-20-29(42)23-35(28)43)25-36(39(46)27-18-21-30(22-19-27)51-41(3,4)5)45(40(47)48-6)38-33-15-11-9-13-31(33)32-14-10-12-16-34(32)38/h9-23,36-38H,7-8,24-26H2,1-6H3. The van der Waals surface area contributed by atoms with E-state index in [1.165, 1.54) is 24.1 Å². The molecule has 0 saturated heterocycles. The highest BCUT2D eigenvalue weighted by Crippen LogP contribution is 2.47. The van der Waals surface area contributed by atoms with Crippen LogP contribution in [0.3, 0.4) is 0 Å². The fraction of sp³-hybridized carbons (Fsp3) is 0.366. The molecule has 0 N–H and O–H groups in total. The fourth-order valence-electron chi connectivity index (χ4n) is 6.55. The van der Waals surface area contributed by atoms with E-state index in [2.05, 4.69) is 0 Å². The monoisotopic (exact) mass is 700 g/mol. The number of carbonyl (C=O) groups excluding carboxylic acids is 2. The number of Topliss-reactive ketones (excluding diaryl/α,β-unsaturated/α-hetero) is 1. The van der Waals surface area contributed by atoms with Crippen molar-refractivity contribution in [3.05, 3.63) is 125 Å². The van der Waals surface area contributed by atoms with Gasteiger partial charge >= 0.3 is 6.09 Å². The van der Waals surface area contributed by atoms with Crippen molar-refractivity contribution in [1.29, 1.82) is 0 Å². The van der Waals surface area contributed by atoms with E-state index in [1.54, 1.807) is 29.2 Å². The number of halogens is 2. The van der Waals surface area contributed by atoms with Crippen LogP contribution in [-0.4, -0.2) is 73.0 Å². The molecular formula is C41H46F2N2O6. The highest BCUT2D eigenvalue weighted by atomic mass is 19.1. The molecule has 1 atom stereocenters. The summed E-state index contributed by atoms with van der Waals surface area (Å²) in [5.74, 6) is -1.21. The molecule has 0 heterocycles. The molecular weight excluding hydrogens is 654 g/mol. The van der Waals surface area contributed by atoms with E-state index in [0.29, 0.717) is 24.5 Å². The molecule has 0 bridgehead atoms. The number of amides is 1. The lowest BCUT2D eigenvalue weighted by atomic mass is 9.96. The van der Waals surface area contributed by atoms with Gasteiger partial charge in [0.1, 0.15) is 29.0 Å². The molecule has 270 valence electrons. The number of ketones is 1. The first-order valence-electron chi connectivity index (χ1n) is 17.2. The van der Waals surface area contributed by atoms with Crippen molar-refractivity contribution < 1.29 is 37.3 Å². The molecule has 0 spiro atoms. The van der Waals surface area contributed by atoms with Gasteiger partial charge in [-0.15, -0.1) is 0 Å². The van der Waals surface area contributed by atoms with Crippen molar-refractivity contribution in [2.24, 2.45) is 0 Å². The molecule has 0 radical (unpaired) electrons. The number of methoxy groups -OCH3 is 1. The summed E-state index contributed by atoms with van der Waals surface area (Å²) < 4.78 is 52.3. The molecule has 10 heteroatoms. The summed E-state index contributed by atoms with van der Waals surface area (Å²) in [6.45, 7) is 10.2. The third-order valence-electron chi connectivity index (χ3n) is 8.62. The van der Waals surface area contributed by atoms with E-state index in [0.717, 1.165) is 28.3 Å². The van der Waals surface area contributed by atoms with Crippen molar-refractivity contribution in [2.45, 2.75) is 65.1 Å². The number of benzene rings is 4. The smallest absolute Gasteiger partial charge is 0.410 e. The number of hydrogen-bond donors (Lipinski definition) is 0. The SMILES string of the molecule is CCOC(CN(Cc1ccc(F)cc1F)CC(C(=O)c1ccc(OC(C)(C)C)cc1)N(C(=O)OC)C1c2ccccc2-c2ccccc21)OCC. The predicted octanol–water partition coefficient (Wildman–Crippen LogP) is 8.43. The summed E-state index contributed by atoms with van der Waals surface area (Å²) in [5, 5.41) is 0. The minimum Gasteiger partial charge on any atom is -0.488 e. The summed E-state index contributed by atoms with van der Waals surface area (Å²) in [6.07, 6.45) is -1.44. The third kappa shape index (κ3) is 9.00. The minimum absolute atomic E-state index is 0.0300. The highest BCUT2D eigenvalue weighted by Gasteiger charge is 2.43. The highest BCUT2D eigenvalue weighted by molar-refractivity contribution is 6.02. The van der Waals surface area contributed by atoms with Crippen LogP contribution in [0.25, 0.3) is 11.1 Å². The molecule has 1 amide bonds. The summed E-state index contributed by atoms with van der Waals surface area (Å²) in [4.78, 5) is 32.3. The van der Waals surface area contributed by atoms with Crippen molar-refractivity contribution >= 4 is 11.9 Å². The van der Waals surface area contributed by atoms with Gasteiger partial charge in [-0.3, -0.25) is 14.6 Å². The number of carbonyl (C=O) groups is 2. The van der Waals surface area contributed by atoms with E-state index < -0.39 is 41.7 Å². The van der Waals surface area contributed by atoms with Crippen LogP contribution in [0.15, 0.2) is 91.0 Å². The Morgan fingerprint density at radius 2 is 1.39 bits per heavy atom. The average Bonchev–Trinajstić information content (AvgIpc) is 3.42. The molecule has 0 saturated carbocycles. The van der Waals surface area contributed by atoms with Crippen LogP contribution in [0, 0.1) is 11.6 Å². The second-order valence-corrected chi connectivity index (χ2v) is 13.3. The van der Waals surface area contributed by atoms with Gasteiger partial charge in [0.15, 0.2) is 12.1 Å². The topological polar surface area (TPSA) is 77.5 Å². The molecule has 8 nitrogen and oxygen atoms in total. The number of rotatable bonds is 15. The van der Waals surface area contributed by atoms with Crippen molar-refractivity contribution in [3.8, 4) is 16.9 Å². The Balaban J connectivity index is 1.65. The molecule has 0 aliphatic heterocycles. The van der Waals surface area contributed by atoms with Crippen LogP contribution < -0.4 is 4.74 Å². The van der Waals surface area contributed by atoms with Gasteiger partial charge in [-0.1, -0.05) is 54.6 Å². The first-order chi connectivity index (χ1) is 24.4. The van der Waals surface area contributed by atoms with E-state index in [4.69, 9.17) is 18.9 Å². The molecule has 4 aromatic carbocycles. The Morgan fingerprint density at radius 1 is 0.804 bits per heavy atom. The number of ether oxygens (including phenoxy) is 4. The average molecular weight is 701 g/mol. The number of fused-ring (bicyclic) bond motifs is 3. The summed E-state index contributed by atoms with van der Waals surface area (Å²) in [5.41, 5.74) is 3.67. The van der Waals surface area contributed by atoms with Gasteiger partial charge in [-0.25, -0.2) is 13.6 Å². The van der Waals surface area contributed by atoms with Crippen LogP contribution in [0.5, 0.6) is 5.75 Å². The van der Waals surface area contributed by atoms with Crippen molar-refractivity contribution in [1.82, 2.24) is 9.80 Å². The molecule has 1 unspecified atom stereocenters. The van der Waals surface area contributed by atoms with E-state index >= 15 is 4.39 Å². The van der Waals surface area contributed by atoms with Crippen LogP contribution in [0.4, 0.5) is 13.6 Å². The molecule has 0 fully saturated rings. The summed E-state index contributed by atoms with van der Waals surface area (Å²) >= 11 is 0. The predicted molar refractivity (Wildman–Crippen MR) is 192 cm³/mol. The van der Waals surface area contributed by atoms with Gasteiger partial charge in [-0.2, -0.15) is 0 Å². The lowest BCUT2D eigenvalue weighted by molar-refractivity contribution is -0.148. The van der Waals surface area contributed by atoms with Crippen LogP contribution >= 0.6 is 0 Å². The zero-order valence-electron chi connectivity index (χ0n) is 30.0. The molecule has 51 heavy (non-hydrogen) atoms. The third-order valence-corrected chi connectivity index (χ3v) is 8.62. The summed E-state index contributed by atoms with van der Waals surface area (Å²) in [6, 6.07) is 23.9. The Kier molecular flexibility index (Phi) is 12.2. The molecule has 4 aromatic rings. The lowest BCUT2D eigenvalue weighted by Gasteiger charge is -2.39. The number of hydrogen-bond acceptors (Lipinski definition) is 7. The zero-order valence-corrected chi connectivity index (χ0v) is 30.0. The van der Waals surface area contributed by atoms with E-state index in [9.17, 15) is 14.0 Å². The second kappa shape index (κ2) is 16.6. The van der Waals surface area contributed by atoms with E-state index in [1.807, 2.05) is 83.1 Å². The quantitative estimate of drug-likeness (QED) is 0.0910. The largest absolute Gasteiger partial charge is 0.488 e. The first-order valence-corrected chi connectivity index (χ1v) is 17.2. The number of nitrogens with zero attached hydrogens (tertiary/aromatic N) is 2. The Bertz CT molecular complexity index is 1760. The fourth-order valence-corrected chi connectivity index (χ4v) is 6.55. The molecule has 5 rings (SSSR count). The van der Waals surface area contributed by atoms with Crippen molar-refractivity contribution in [2.75, 3.05) is 33.4 Å². The second-order valence-electron chi connectivity index (χ2n) is 13.3. The van der Waals surface area contributed by atoms with Crippen LogP contribution in [0.1, 0.15) is 67.7 Å². The van der Waals surface area contributed by atoms with Gasteiger partial charge in [0, 0.05) is 50.0 Å². The first kappa shape index (κ1) is 37.6. The van der Waals surface area contributed by atoms with Crippen LogP contribution in [0.2, 0.25) is 0 Å². The lowest BCUT2D eigenvalue weighted by Crippen LogP contribution is -2.53. The molecule has 1 aliphatic rings. The normalized spacial score (nSPS) is 13.2. The molecule has 0 aromatic heterocycles. The van der Waals surface area contributed by atoms with Crippen LogP contribution in [-0.2, 0) is 20.8 Å².